The molecule has 0 spiro atoms. The van der Waals surface area contributed by atoms with Crippen molar-refractivity contribution in [1.29, 1.82) is 0 Å². The molecule has 0 aliphatic carbocycles. The van der Waals surface area contributed by atoms with Crippen molar-refractivity contribution in [3.05, 3.63) is 59.3 Å². The highest BCUT2D eigenvalue weighted by atomic mass is 16.6. The smallest absolute Gasteiger partial charge is 0.419 e. The van der Waals surface area contributed by atoms with Crippen LogP contribution in [0.25, 0.3) is 10.9 Å². The van der Waals surface area contributed by atoms with E-state index in [0.29, 0.717) is 25.3 Å². The number of methoxy groups -OCH3 is 1. The molecule has 1 fully saturated rings. The van der Waals surface area contributed by atoms with Gasteiger partial charge in [-0.15, -0.1) is 0 Å². The van der Waals surface area contributed by atoms with E-state index in [0.717, 1.165) is 52.7 Å². The first kappa shape index (κ1) is 29.6. The molecule has 2 aromatic carbocycles. The van der Waals surface area contributed by atoms with Crippen molar-refractivity contribution in [3.63, 3.8) is 0 Å². The summed E-state index contributed by atoms with van der Waals surface area (Å²) in [6.07, 6.45) is 3.64. The maximum absolute atomic E-state index is 13.0. The van der Waals surface area contributed by atoms with Crippen molar-refractivity contribution in [2.24, 2.45) is 0 Å². The number of piperidine rings is 1. The molecule has 0 N–H and O–H groups in total. The molecule has 0 radical (unpaired) electrons. The van der Waals surface area contributed by atoms with Crippen molar-refractivity contribution in [1.82, 2.24) is 9.47 Å². The van der Waals surface area contributed by atoms with E-state index in [-0.39, 0.29) is 18.1 Å². The fourth-order valence-electron chi connectivity index (χ4n) is 5.44. The minimum absolute atomic E-state index is 0.0928. The van der Waals surface area contributed by atoms with Gasteiger partial charge in [0.05, 0.1) is 18.7 Å². The van der Waals surface area contributed by atoms with Crippen LogP contribution in [0, 0.1) is 6.92 Å². The number of rotatable bonds is 8. The normalized spacial score (nSPS) is 18.1. The minimum Gasteiger partial charge on any atom is -0.496 e. The summed E-state index contributed by atoms with van der Waals surface area (Å²) in [5, 5.41) is 0.968. The Morgan fingerprint density at radius 3 is 2.42 bits per heavy atom. The molecule has 0 bridgehead atoms. The van der Waals surface area contributed by atoms with E-state index in [1.54, 1.807) is 24.8 Å². The first-order valence-corrected chi connectivity index (χ1v) is 14.1. The lowest BCUT2D eigenvalue weighted by molar-refractivity contribution is -0.134. The number of ether oxygens (including phenoxy) is 4. The first-order chi connectivity index (χ1) is 19.0. The number of aryl methyl sites for hydroxylation is 1. The molecular weight excluding hydrogens is 508 g/mol. The van der Waals surface area contributed by atoms with Crippen LogP contribution in [0.15, 0.2) is 42.6 Å². The lowest BCUT2D eigenvalue weighted by atomic mass is 9.92. The van der Waals surface area contributed by atoms with Crippen LogP contribution < -0.4 is 9.47 Å². The number of hydrogen-bond acceptors (Lipinski definition) is 7. The third kappa shape index (κ3) is 6.67. The fourth-order valence-corrected chi connectivity index (χ4v) is 5.44. The van der Waals surface area contributed by atoms with Crippen molar-refractivity contribution in [3.8, 4) is 11.5 Å². The van der Waals surface area contributed by atoms with Crippen LogP contribution >= 0.6 is 0 Å². The second kappa shape index (κ2) is 12.4. The van der Waals surface area contributed by atoms with Crippen LogP contribution in [0.3, 0.4) is 0 Å². The van der Waals surface area contributed by atoms with E-state index < -0.39 is 11.7 Å². The second-order valence-corrected chi connectivity index (χ2v) is 11.3. The van der Waals surface area contributed by atoms with Crippen LogP contribution in [0.1, 0.15) is 76.6 Å². The van der Waals surface area contributed by atoms with E-state index in [4.69, 9.17) is 18.9 Å². The molecule has 2 heterocycles. The summed E-state index contributed by atoms with van der Waals surface area (Å²) in [7, 11) is 1.68. The van der Waals surface area contributed by atoms with Gasteiger partial charge in [-0.1, -0.05) is 19.1 Å². The van der Waals surface area contributed by atoms with Gasteiger partial charge in [0.1, 0.15) is 17.1 Å². The third-order valence-corrected chi connectivity index (χ3v) is 7.25. The number of hydrogen-bond donors (Lipinski definition) is 0. The first-order valence-electron chi connectivity index (χ1n) is 14.1. The summed E-state index contributed by atoms with van der Waals surface area (Å²) in [6.45, 7) is 13.5. The Labute approximate surface area is 237 Å². The van der Waals surface area contributed by atoms with E-state index in [1.807, 2.05) is 71.0 Å². The summed E-state index contributed by atoms with van der Waals surface area (Å²) in [5.74, 6) is 1.08. The number of carbonyl (C=O) groups is 2. The number of esters is 1. The van der Waals surface area contributed by atoms with Crippen molar-refractivity contribution >= 4 is 23.0 Å². The molecule has 8 heteroatoms. The Kier molecular flexibility index (Phi) is 9.21. The van der Waals surface area contributed by atoms with Crippen molar-refractivity contribution < 1.29 is 28.5 Å². The molecule has 40 heavy (non-hydrogen) atoms. The van der Waals surface area contributed by atoms with Gasteiger partial charge in [-0.2, -0.15) is 0 Å². The van der Waals surface area contributed by atoms with E-state index >= 15 is 0 Å². The van der Waals surface area contributed by atoms with Gasteiger partial charge in [-0.05, 0) is 82.9 Å². The Morgan fingerprint density at radius 1 is 1.07 bits per heavy atom. The topological polar surface area (TPSA) is 79.2 Å². The SMILES string of the molecule is CCO[C@H]1CCN(Cc2c(OC)cc(C)c3c2ccn3C(=O)OC(C)(C)C)[C@H](c2ccc(OC(=O)CC)cc2)C1. The van der Waals surface area contributed by atoms with Gasteiger partial charge >= 0.3 is 12.1 Å². The lowest BCUT2D eigenvalue weighted by Crippen LogP contribution is -2.39. The summed E-state index contributed by atoms with van der Waals surface area (Å²) in [6, 6.07) is 11.8. The number of benzene rings is 2. The van der Waals surface area contributed by atoms with Gasteiger partial charge < -0.3 is 18.9 Å². The van der Waals surface area contributed by atoms with Gasteiger partial charge in [0, 0.05) is 49.3 Å². The number of fused-ring (bicyclic) bond motifs is 1. The van der Waals surface area contributed by atoms with Crippen molar-refractivity contribution in [2.45, 2.75) is 85.1 Å². The van der Waals surface area contributed by atoms with Crippen LogP contribution in [-0.2, 0) is 20.8 Å². The molecule has 1 aliphatic heterocycles. The highest BCUT2D eigenvalue weighted by Crippen LogP contribution is 2.39. The Balaban J connectivity index is 1.70. The highest BCUT2D eigenvalue weighted by Gasteiger charge is 2.32. The Bertz CT molecular complexity index is 1340. The molecule has 1 aromatic heterocycles. The molecule has 216 valence electrons. The highest BCUT2D eigenvalue weighted by molar-refractivity contribution is 5.95. The van der Waals surface area contributed by atoms with Gasteiger partial charge in [-0.3, -0.25) is 14.3 Å². The van der Waals surface area contributed by atoms with Gasteiger partial charge in [0.25, 0.3) is 0 Å². The second-order valence-electron chi connectivity index (χ2n) is 11.3. The standard InChI is InChI=1S/C32H42N2O6/c1-8-29(35)39-23-12-10-22(11-13-23)27-19-24(38-9-2)14-16-33(27)20-26-25-15-17-34(31(36)40-32(4,5)6)30(25)21(3)18-28(26)37-7/h10-13,15,17-18,24,27H,8-9,14,16,19-20H2,1-7H3/t24-,27-/m0/s1. The average molecular weight is 551 g/mol. The predicted molar refractivity (Wildman–Crippen MR) is 155 cm³/mol. The van der Waals surface area contributed by atoms with E-state index in [1.165, 1.54) is 0 Å². The fraction of sp³-hybridized carbons (Fsp3) is 0.500. The van der Waals surface area contributed by atoms with E-state index in [2.05, 4.69) is 4.90 Å². The largest absolute Gasteiger partial charge is 0.496 e. The molecule has 1 aliphatic rings. The zero-order chi connectivity index (χ0) is 29.0. The molecule has 1 saturated heterocycles. The average Bonchev–Trinajstić information content (AvgIpc) is 3.37. The summed E-state index contributed by atoms with van der Waals surface area (Å²) < 4.78 is 24.6. The molecule has 4 rings (SSSR count). The monoisotopic (exact) mass is 550 g/mol. The molecule has 0 saturated carbocycles. The lowest BCUT2D eigenvalue weighted by Gasteiger charge is -2.40. The third-order valence-electron chi connectivity index (χ3n) is 7.25. The van der Waals surface area contributed by atoms with Crippen LogP contribution in [0.2, 0.25) is 0 Å². The number of carbonyl (C=O) groups excluding carboxylic acids is 2. The summed E-state index contributed by atoms with van der Waals surface area (Å²) in [5.41, 5.74) is 3.33. The zero-order valence-corrected chi connectivity index (χ0v) is 24.8. The number of nitrogens with zero attached hydrogens (tertiary/aromatic N) is 2. The van der Waals surface area contributed by atoms with Crippen molar-refractivity contribution in [2.75, 3.05) is 20.3 Å². The molecule has 8 nitrogen and oxygen atoms in total. The summed E-state index contributed by atoms with van der Waals surface area (Å²) in [4.78, 5) is 27.2. The maximum Gasteiger partial charge on any atom is 0.419 e. The molecule has 0 amide bonds. The minimum atomic E-state index is -0.598. The predicted octanol–water partition coefficient (Wildman–Crippen LogP) is 6.80. The van der Waals surface area contributed by atoms with Gasteiger partial charge in [-0.25, -0.2) is 4.79 Å². The Morgan fingerprint density at radius 2 is 1.80 bits per heavy atom. The molecular formula is C32H42N2O6. The van der Waals surface area contributed by atoms with Gasteiger partial charge in [0.2, 0.25) is 0 Å². The van der Waals surface area contributed by atoms with Gasteiger partial charge in [0.15, 0.2) is 0 Å². The Hall–Kier alpha value is -3.36. The molecule has 2 atom stereocenters. The van der Waals surface area contributed by atoms with E-state index in [9.17, 15) is 9.59 Å². The molecule has 0 unspecified atom stereocenters. The van der Waals surface area contributed by atoms with Crippen LogP contribution in [-0.4, -0.2) is 53.5 Å². The van der Waals surface area contributed by atoms with Crippen LogP contribution in [0.4, 0.5) is 4.79 Å². The molecule has 3 aromatic rings. The number of aromatic nitrogens is 1. The maximum atomic E-state index is 13.0. The van der Waals surface area contributed by atoms with Crippen LogP contribution in [0.5, 0.6) is 11.5 Å². The number of likely N-dealkylation sites (tertiary alicyclic amines) is 1. The summed E-state index contributed by atoms with van der Waals surface area (Å²) >= 11 is 0. The zero-order valence-electron chi connectivity index (χ0n) is 24.8. The quantitative estimate of drug-likeness (QED) is 0.225.